The number of allylic oxidation sites excluding steroid dienone is 3. The number of aryl methyl sites for hydroxylation is 1. The molecule has 1 aromatic carbocycles. The molecule has 1 atom stereocenters. The van der Waals surface area contributed by atoms with Crippen molar-refractivity contribution in [1.29, 1.82) is 0 Å². The van der Waals surface area contributed by atoms with Crippen LogP contribution in [0.3, 0.4) is 0 Å². The summed E-state index contributed by atoms with van der Waals surface area (Å²) >= 11 is 0. The Kier molecular flexibility index (Phi) is 2.57. The first kappa shape index (κ1) is 9.95. The van der Waals surface area contributed by atoms with Gasteiger partial charge in [-0.2, -0.15) is 0 Å². The van der Waals surface area contributed by atoms with Crippen molar-refractivity contribution in [3.63, 3.8) is 0 Å². The van der Waals surface area contributed by atoms with Crippen LogP contribution in [0.2, 0.25) is 0 Å². The van der Waals surface area contributed by atoms with Crippen molar-refractivity contribution in [2.24, 2.45) is 0 Å². The third-order valence-electron chi connectivity index (χ3n) is 2.62. The molecule has 1 aliphatic carbocycles. The van der Waals surface area contributed by atoms with Crippen LogP contribution in [-0.4, -0.2) is 6.17 Å². The molecule has 0 saturated carbocycles. The van der Waals surface area contributed by atoms with E-state index in [1.54, 1.807) is 13.0 Å². The molecular weight excluding hydrogens is 187 g/mol. The summed E-state index contributed by atoms with van der Waals surface area (Å²) in [5.41, 5.74) is 5.00. The van der Waals surface area contributed by atoms with Gasteiger partial charge in [0.25, 0.3) is 0 Å². The average Bonchev–Trinajstić information content (AvgIpc) is 2.41. The van der Waals surface area contributed by atoms with Crippen molar-refractivity contribution in [2.45, 2.75) is 20.0 Å². The number of halogens is 1. The Balaban J connectivity index is 2.75. The summed E-state index contributed by atoms with van der Waals surface area (Å²) in [6.07, 6.45) is 4.58. The van der Waals surface area contributed by atoms with Gasteiger partial charge in [0.1, 0.15) is 6.17 Å². The predicted molar refractivity (Wildman–Crippen MR) is 61.5 cm³/mol. The largest absolute Gasteiger partial charge is 0.243 e. The van der Waals surface area contributed by atoms with Crippen LogP contribution in [0.15, 0.2) is 35.9 Å². The molecule has 76 valence electrons. The average molecular weight is 200 g/mol. The maximum atomic E-state index is 13.1. The second-order valence-electron chi connectivity index (χ2n) is 3.77. The van der Waals surface area contributed by atoms with Gasteiger partial charge in [-0.25, -0.2) is 4.39 Å². The highest BCUT2D eigenvalue weighted by atomic mass is 19.1. The topological polar surface area (TPSA) is 0 Å². The van der Waals surface area contributed by atoms with Gasteiger partial charge < -0.3 is 0 Å². The first-order chi connectivity index (χ1) is 7.18. The van der Waals surface area contributed by atoms with Crippen LogP contribution in [0.5, 0.6) is 0 Å². The fraction of sp³-hybridized carbons (Fsp3) is 0.214. The van der Waals surface area contributed by atoms with Crippen molar-refractivity contribution in [3.05, 3.63) is 51.9 Å². The molecule has 0 nitrogen and oxygen atoms in total. The van der Waals surface area contributed by atoms with Crippen LogP contribution in [0.25, 0.3) is 11.8 Å². The molecule has 0 radical (unpaired) electrons. The number of alkyl halides is 1. The van der Waals surface area contributed by atoms with Gasteiger partial charge in [-0.15, -0.1) is 5.73 Å². The monoisotopic (exact) mass is 200 g/mol. The van der Waals surface area contributed by atoms with Crippen molar-refractivity contribution in [1.82, 2.24) is 0 Å². The molecule has 0 heterocycles. The van der Waals surface area contributed by atoms with Gasteiger partial charge in [0, 0.05) is 5.22 Å². The summed E-state index contributed by atoms with van der Waals surface area (Å²) in [4.78, 5) is 0. The quantitative estimate of drug-likeness (QED) is 0.650. The molecule has 0 fully saturated rings. The van der Waals surface area contributed by atoms with Gasteiger partial charge in [0.2, 0.25) is 0 Å². The predicted octanol–water partition coefficient (Wildman–Crippen LogP) is 2.01. The van der Waals surface area contributed by atoms with Gasteiger partial charge in [-0.1, -0.05) is 24.3 Å². The molecule has 1 aromatic rings. The zero-order valence-corrected chi connectivity index (χ0v) is 8.92. The summed E-state index contributed by atoms with van der Waals surface area (Å²) in [6.45, 7) is 3.59. The second kappa shape index (κ2) is 3.88. The van der Waals surface area contributed by atoms with E-state index in [9.17, 15) is 4.39 Å². The minimum Gasteiger partial charge on any atom is -0.243 e. The molecule has 1 aliphatic rings. The van der Waals surface area contributed by atoms with Crippen LogP contribution in [0.4, 0.5) is 4.39 Å². The molecule has 15 heavy (non-hydrogen) atoms. The van der Waals surface area contributed by atoms with Crippen molar-refractivity contribution in [3.8, 4) is 0 Å². The van der Waals surface area contributed by atoms with E-state index < -0.39 is 6.17 Å². The maximum Gasteiger partial charge on any atom is 0.123 e. The van der Waals surface area contributed by atoms with Gasteiger partial charge in [-0.3, -0.25) is 0 Å². The van der Waals surface area contributed by atoms with Gasteiger partial charge >= 0.3 is 0 Å². The molecule has 2 rings (SSSR count). The molecule has 0 aromatic heterocycles. The van der Waals surface area contributed by atoms with Crippen molar-refractivity contribution in [2.75, 3.05) is 0 Å². The molecule has 0 saturated heterocycles. The van der Waals surface area contributed by atoms with E-state index in [-0.39, 0.29) is 0 Å². The highest BCUT2D eigenvalue weighted by Gasteiger charge is 2.02. The molecule has 0 amide bonds. The Morgan fingerprint density at radius 2 is 2.07 bits per heavy atom. The fourth-order valence-corrected chi connectivity index (χ4v) is 1.66. The summed E-state index contributed by atoms with van der Waals surface area (Å²) in [6, 6.07) is 6.04. The number of hydrogen-bond acceptors (Lipinski definition) is 0. The summed E-state index contributed by atoms with van der Waals surface area (Å²) in [5, 5.41) is 2.16. The van der Waals surface area contributed by atoms with Crippen LogP contribution in [0.1, 0.15) is 12.5 Å². The Bertz CT molecular complexity index is 555. The molecule has 1 unspecified atom stereocenters. The van der Waals surface area contributed by atoms with Crippen LogP contribution < -0.4 is 10.4 Å². The normalized spacial score (nSPS) is 15.5. The Hall–Kier alpha value is -1.59. The Labute approximate surface area is 88.8 Å². The lowest BCUT2D eigenvalue weighted by molar-refractivity contribution is 0.418. The highest BCUT2D eigenvalue weighted by molar-refractivity contribution is 5.51. The lowest BCUT2D eigenvalue weighted by Crippen LogP contribution is -2.25. The lowest BCUT2D eigenvalue weighted by Gasteiger charge is -1.98. The van der Waals surface area contributed by atoms with E-state index in [0.717, 1.165) is 10.4 Å². The standard InChI is InChI=1S/C14H13F/c1-10-4-3-5-13-7-6-12(11(2)15)8-9-14(10)13/h3-6,8-9,11H,1-2H3. The van der Waals surface area contributed by atoms with Crippen molar-refractivity contribution >= 4 is 11.8 Å². The molecular formula is C14H13F. The maximum absolute atomic E-state index is 13.1. The van der Waals surface area contributed by atoms with Gasteiger partial charge in [-0.05, 0) is 42.3 Å². The number of hydrogen-bond donors (Lipinski definition) is 0. The number of rotatable bonds is 1. The van der Waals surface area contributed by atoms with E-state index in [1.165, 1.54) is 5.56 Å². The zero-order valence-electron chi connectivity index (χ0n) is 8.92. The highest BCUT2D eigenvalue weighted by Crippen LogP contribution is 2.08. The molecule has 0 bridgehead atoms. The van der Waals surface area contributed by atoms with Crippen LogP contribution in [0, 0.1) is 6.92 Å². The van der Waals surface area contributed by atoms with Crippen LogP contribution in [-0.2, 0) is 0 Å². The van der Waals surface area contributed by atoms with Crippen LogP contribution >= 0.6 is 0 Å². The second-order valence-corrected chi connectivity index (χ2v) is 3.77. The van der Waals surface area contributed by atoms with E-state index in [1.807, 2.05) is 24.3 Å². The third kappa shape index (κ3) is 1.93. The van der Waals surface area contributed by atoms with Gasteiger partial charge in [0.15, 0.2) is 0 Å². The SMILES string of the molecule is Cc1cccc2c1=CC=C(C(C)F)C=C=2. The summed E-state index contributed by atoms with van der Waals surface area (Å²) in [7, 11) is 0. The van der Waals surface area contributed by atoms with Gasteiger partial charge in [0.05, 0.1) is 0 Å². The first-order valence-electron chi connectivity index (χ1n) is 5.07. The number of benzene rings is 1. The summed E-state index contributed by atoms with van der Waals surface area (Å²) in [5.74, 6) is 0. The Morgan fingerprint density at radius 3 is 2.80 bits per heavy atom. The first-order valence-corrected chi connectivity index (χ1v) is 5.07. The van der Waals surface area contributed by atoms with E-state index >= 15 is 0 Å². The molecule has 0 aliphatic heterocycles. The van der Waals surface area contributed by atoms with Crippen molar-refractivity contribution < 1.29 is 4.39 Å². The molecule has 1 heteroatoms. The Morgan fingerprint density at radius 1 is 1.27 bits per heavy atom. The van der Waals surface area contributed by atoms with E-state index in [0.29, 0.717) is 5.57 Å². The minimum atomic E-state index is -0.941. The zero-order chi connectivity index (χ0) is 10.8. The minimum absolute atomic E-state index is 0.672. The van der Waals surface area contributed by atoms with E-state index in [4.69, 9.17) is 0 Å². The smallest absolute Gasteiger partial charge is 0.123 e. The lowest BCUT2D eigenvalue weighted by atomic mass is 10.1. The molecule has 0 spiro atoms. The third-order valence-corrected chi connectivity index (χ3v) is 2.62. The number of fused-ring (bicyclic) bond motifs is 1. The van der Waals surface area contributed by atoms with E-state index in [2.05, 4.69) is 18.7 Å². The summed E-state index contributed by atoms with van der Waals surface area (Å²) < 4.78 is 13.1. The fourth-order valence-electron chi connectivity index (χ4n) is 1.66. The molecule has 0 N–H and O–H groups in total.